The number of piperidine rings is 1. The molecule has 5 nitrogen and oxygen atoms in total. The molecule has 0 bridgehead atoms. The van der Waals surface area contributed by atoms with Crippen molar-refractivity contribution < 1.29 is 14.7 Å². The lowest BCUT2D eigenvalue weighted by molar-refractivity contribution is -0.138. The van der Waals surface area contributed by atoms with Crippen molar-refractivity contribution >= 4 is 12.0 Å². The van der Waals surface area contributed by atoms with E-state index in [0.717, 1.165) is 38.0 Å². The van der Waals surface area contributed by atoms with Gasteiger partial charge < -0.3 is 14.9 Å². The summed E-state index contributed by atoms with van der Waals surface area (Å²) in [7, 11) is 1.88. The topological polar surface area (TPSA) is 60.9 Å². The SMILES string of the molecule is CC1CCC(N(C)C(=O)N2CCCCC2CC(=O)O)CC1. The lowest BCUT2D eigenvalue weighted by Gasteiger charge is -2.41. The van der Waals surface area contributed by atoms with Gasteiger partial charge in [-0.15, -0.1) is 0 Å². The molecule has 1 atom stereocenters. The van der Waals surface area contributed by atoms with Crippen LogP contribution in [0, 0.1) is 5.92 Å². The second kappa shape index (κ2) is 7.14. The summed E-state index contributed by atoms with van der Waals surface area (Å²) in [5, 5.41) is 9.03. The molecule has 2 aliphatic rings. The van der Waals surface area contributed by atoms with Gasteiger partial charge in [-0.1, -0.05) is 6.92 Å². The first-order valence-electron chi connectivity index (χ1n) is 8.24. The standard InChI is InChI=1S/C16H28N2O3/c1-12-6-8-13(9-7-12)17(2)16(21)18-10-4-3-5-14(18)11-15(19)20/h12-14H,3-11H2,1-2H3,(H,19,20). The van der Waals surface area contributed by atoms with Crippen molar-refractivity contribution in [2.24, 2.45) is 5.92 Å². The number of carbonyl (C=O) groups is 2. The summed E-state index contributed by atoms with van der Waals surface area (Å²) < 4.78 is 0. The van der Waals surface area contributed by atoms with E-state index in [1.807, 2.05) is 11.9 Å². The first-order valence-corrected chi connectivity index (χ1v) is 8.24. The molecule has 2 amide bonds. The molecule has 0 aromatic rings. The molecule has 0 spiro atoms. The van der Waals surface area contributed by atoms with Gasteiger partial charge in [0.1, 0.15) is 0 Å². The van der Waals surface area contributed by atoms with Crippen LogP contribution < -0.4 is 0 Å². The third-order valence-corrected chi connectivity index (χ3v) is 5.12. The third kappa shape index (κ3) is 4.11. The van der Waals surface area contributed by atoms with Crippen molar-refractivity contribution in [3.8, 4) is 0 Å². The lowest BCUT2D eigenvalue weighted by Crippen LogP contribution is -2.52. The van der Waals surface area contributed by atoms with Gasteiger partial charge in [0, 0.05) is 25.7 Å². The van der Waals surface area contributed by atoms with Gasteiger partial charge in [-0.3, -0.25) is 4.79 Å². The van der Waals surface area contributed by atoms with E-state index < -0.39 is 5.97 Å². The minimum absolute atomic E-state index is 0.0282. The highest BCUT2D eigenvalue weighted by atomic mass is 16.4. The van der Waals surface area contributed by atoms with Crippen LogP contribution in [-0.2, 0) is 4.79 Å². The number of urea groups is 1. The number of aliphatic carboxylic acids is 1. The predicted octanol–water partition coefficient (Wildman–Crippen LogP) is 2.95. The number of carboxylic acids is 1. The maximum Gasteiger partial charge on any atom is 0.320 e. The maximum absolute atomic E-state index is 12.7. The average Bonchev–Trinajstić information content (AvgIpc) is 2.46. The molecular formula is C16H28N2O3. The van der Waals surface area contributed by atoms with Crippen molar-refractivity contribution in [3.05, 3.63) is 0 Å². The fourth-order valence-corrected chi connectivity index (χ4v) is 3.65. The zero-order valence-corrected chi connectivity index (χ0v) is 13.3. The number of hydrogen-bond donors (Lipinski definition) is 1. The molecule has 1 aliphatic carbocycles. The van der Waals surface area contributed by atoms with Crippen molar-refractivity contribution in [2.45, 2.75) is 70.4 Å². The summed E-state index contributed by atoms with van der Waals surface area (Å²) in [6.45, 7) is 2.97. The number of hydrogen-bond acceptors (Lipinski definition) is 2. The molecule has 5 heteroatoms. The van der Waals surface area contributed by atoms with Crippen LogP contribution in [0.2, 0.25) is 0 Å². The molecule has 0 radical (unpaired) electrons. The van der Waals surface area contributed by atoms with Gasteiger partial charge in [0.2, 0.25) is 0 Å². The van der Waals surface area contributed by atoms with E-state index in [4.69, 9.17) is 5.11 Å². The van der Waals surface area contributed by atoms with Crippen molar-refractivity contribution in [2.75, 3.05) is 13.6 Å². The molecule has 0 aromatic heterocycles. The monoisotopic (exact) mass is 296 g/mol. The molecule has 2 rings (SSSR count). The summed E-state index contributed by atoms with van der Waals surface area (Å²) in [5.74, 6) is -0.0478. The summed E-state index contributed by atoms with van der Waals surface area (Å²) in [6, 6.07) is 0.218. The van der Waals surface area contributed by atoms with Crippen molar-refractivity contribution in [1.29, 1.82) is 0 Å². The maximum atomic E-state index is 12.7. The van der Waals surface area contributed by atoms with Crippen LogP contribution in [0.5, 0.6) is 0 Å². The first kappa shape index (κ1) is 16.1. The van der Waals surface area contributed by atoms with Gasteiger partial charge in [0.15, 0.2) is 0 Å². The number of amides is 2. The van der Waals surface area contributed by atoms with E-state index in [1.54, 1.807) is 4.90 Å². The van der Waals surface area contributed by atoms with Crippen LogP contribution >= 0.6 is 0 Å². The average molecular weight is 296 g/mol. The highest BCUT2D eigenvalue weighted by Gasteiger charge is 2.33. The molecule has 1 unspecified atom stereocenters. The number of carboxylic acid groups (broad SMARTS) is 1. The van der Waals surface area contributed by atoms with Crippen LogP contribution in [0.15, 0.2) is 0 Å². The molecule has 1 saturated heterocycles. The number of likely N-dealkylation sites (tertiary alicyclic amines) is 1. The van der Waals surface area contributed by atoms with Crippen molar-refractivity contribution in [3.63, 3.8) is 0 Å². The van der Waals surface area contributed by atoms with Gasteiger partial charge in [-0.05, 0) is 50.9 Å². The van der Waals surface area contributed by atoms with Gasteiger partial charge in [-0.25, -0.2) is 4.79 Å². The van der Waals surface area contributed by atoms with E-state index in [2.05, 4.69) is 6.92 Å². The Hall–Kier alpha value is -1.26. The zero-order chi connectivity index (χ0) is 15.4. The Kier molecular flexibility index (Phi) is 5.48. The third-order valence-electron chi connectivity index (χ3n) is 5.12. The van der Waals surface area contributed by atoms with Crippen LogP contribution in [-0.4, -0.2) is 52.6 Å². The van der Waals surface area contributed by atoms with Gasteiger partial charge in [-0.2, -0.15) is 0 Å². The Balaban J connectivity index is 1.97. The number of nitrogens with zero attached hydrogens (tertiary/aromatic N) is 2. The lowest BCUT2D eigenvalue weighted by atomic mass is 9.87. The predicted molar refractivity (Wildman–Crippen MR) is 81.2 cm³/mol. The molecule has 1 heterocycles. The summed E-state index contributed by atoms with van der Waals surface area (Å²) in [6.07, 6.45) is 7.39. The quantitative estimate of drug-likeness (QED) is 0.871. The minimum Gasteiger partial charge on any atom is -0.481 e. The molecule has 1 saturated carbocycles. The Labute approximate surface area is 127 Å². The molecule has 0 aromatic carbocycles. The van der Waals surface area contributed by atoms with E-state index >= 15 is 0 Å². The fraction of sp³-hybridized carbons (Fsp3) is 0.875. The molecule has 1 aliphatic heterocycles. The Morgan fingerprint density at radius 1 is 1.14 bits per heavy atom. The van der Waals surface area contributed by atoms with Crippen molar-refractivity contribution in [1.82, 2.24) is 9.80 Å². The van der Waals surface area contributed by atoms with E-state index in [-0.39, 0.29) is 18.5 Å². The van der Waals surface area contributed by atoms with Gasteiger partial charge in [0.05, 0.1) is 6.42 Å². The van der Waals surface area contributed by atoms with Crippen LogP contribution in [0.25, 0.3) is 0 Å². The molecule has 21 heavy (non-hydrogen) atoms. The number of rotatable bonds is 3. The highest BCUT2D eigenvalue weighted by molar-refractivity contribution is 5.76. The molecule has 120 valence electrons. The van der Waals surface area contributed by atoms with Gasteiger partial charge >= 0.3 is 12.0 Å². The molecular weight excluding hydrogens is 268 g/mol. The smallest absolute Gasteiger partial charge is 0.320 e. The van der Waals surface area contributed by atoms with E-state index in [1.165, 1.54) is 12.8 Å². The molecule has 1 N–H and O–H groups in total. The second-order valence-electron chi connectivity index (χ2n) is 6.75. The fourth-order valence-electron chi connectivity index (χ4n) is 3.65. The van der Waals surface area contributed by atoms with Gasteiger partial charge in [0.25, 0.3) is 0 Å². The second-order valence-corrected chi connectivity index (χ2v) is 6.75. The van der Waals surface area contributed by atoms with Crippen LogP contribution in [0.1, 0.15) is 58.3 Å². The van der Waals surface area contributed by atoms with E-state index in [0.29, 0.717) is 12.6 Å². The first-order chi connectivity index (χ1) is 9.99. The summed E-state index contributed by atoms with van der Waals surface area (Å²) in [5.41, 5.74) is 0. The van der Waals surface area contributed by atoms with Crippen LogP contribution in [0.4, 0.5) is 4.79 Å². The minimum atomic E-state index is -0.811. The molecule has 2 fully saturated rings. The summed E-state index contributed by atoms with van der Waals surface area (Å²) >= 11 is 0. The Morgan fingerprint density at radius 2 is 1.81 bits per heavy atom. The zero-order valence-electron chi connectivity index (χ0n) is 13.3. The largest absolute Gasteiger partial charge is 0.481 e. The normalized spacial score (nSPS) is 30.0. The van der Waals surface area contributed by atoms with E-state index in [9.17, 15) is 9.59 Å². The highest BCUT2D eigenvalue weighted by Crippen LogP contribution is 2.28. The van der Waals surface area contributed by atoms with Crippen LogP contribution in [0.3, 0.4) is 0 Å². The Morgan fingerprint density at radius 3 is 2.43 bits per heavy atom. The summed E-state index contributed by atoms with van der Waals surface area (Å²) in [4.78, 5) is 27.4. The Bertz CT molecular complexity index is 378. The number of carbonyl (C=O) groups excluding carboxylic acids is 1.